The number of nitrogens with zero attached hydrogens (tertiary/aromatic N) is 1. The number of amides is 2. The molecule has 0 aliphatic heterocycles. The van der Waals surface area contributed by atoms with Crippen molar-refractivity contribution in [2.45, 2.75) is 18.4 Å². The smallest absolute Gasteiger partial charge is 0.387 e. The molecule has 0 radical (unpaired) electrons. The number of urea groups is 1. The van der Waals surface area contributed by atoms with Crippen LogP contribution in [0.2, 0.25) is 5.02 Å². The maximum Gasteiger partial charge on any atom is 0.387 e. The van der Waals surface area contributed by atoms with Crippen LogP contribution in [0.15, 0.2) is 41.3 Å². The van der Waals surface area contributed by atoms with Gasteiger partial charge in [0.2, 0.25) is 0 Å². The molecule has 25 heavy (non-hydrogen) atoms. The molecule has 11 heteroatoms. The Morgan fingerprint density at radius 1 is 1.28 bits per heavy atom. The van der Waals surface area contributed by atoms with Crippen LogP contribution in [-0.4, -0.2) is 26.0 Å². The highest BCUT2D eigenvalue weighted by atomic mass is 35.5. The first-order chi connectivity index (χ1) is 11.7. The average Bonchev–Trinajstić information content (AvgIpc) is 2.45. The van der Waals surface area contributed by atoms with Gasteiger partial charge in [-0.3, -0.25) is 5.32 Å². The van der Waals surface area contributed by atoms with Crippen molar-refractivity contribution in [3.63, 3.8) is 0 Å². The first-order valence-electron chi connectivity index (χ1n) is 6.69. The number of pyridine rings is 1. The van der Waals surface area contributed by atoms with Crippen LogP contribution in [-0.2, 0) is 10.0 Å². The fourth-order valence-corrected chi connectivity index (χ4v) is 3.28. The predicted molar refractivity (Wildman–Crippen MR) is 86.4 cm³/mol. The van der Waals surface area contributed by atoms with E-state index in [4.69, 9.17) is 11.6 Å². The molecule has 2 rings (SSSR count). The van der Waals surface area contributed by atoms with Crippen LogP contribution in [0.3, 0.4) is 0 Å². The number of aromatic nitrogens is 1. The van der Waals surface area contributed by atoms with E-state index in [1.807, 2.05) is 0 Å². The Kier molecular flexibility index (Phi) is 5.75. The Balaban J connectivity index is 2.15. The van der Waals surface area contributed by atoms with Crippen molar-refractivity contribution < 1.29 is 26.7 Å². The normalized spacial score (nSPS) is 11.2. The molecule has 0 saturated carbocycles. The van der Waals surface area contributed by atoms with Crippen LogP contribution in [0.5, 0.6) is 5.75 Å². The van der Waals surface area contributed by atoms with Crippen molar-refractivity contribution in [2.75, 3.05) is 5.32 Å². The van der Waals surface area contributed by atoms with Gasteiger partial charge in [-0.15, -0.1) is 0 Å². The second-order valence-electron chi connectivity index (χ2n) is 4.70. The van der Waals surface area contributed by atoms with Gasteiger partial charge >= 0.3 is 12.6 Å². The fourth-order valence-electron chi connectivity index (χ4n) is 1.85. The Hall–Kier alpha value is -2.46. The Morgan fingerprint density at radius 3 is 2.60 bits per heavy atom. The van der Waals surface area contributed by atoms with Gasteiger partial charge in [-0.1, -0.05) is 23.7 Å². The van der Waals surface area contributed by atoms with E-state index in [9.17, 15) is 22.0 Å². The molecule has 0 aliphatic carbocycles. The molecule has 1 aromatic heterocycles. The molecule has 2 amide bonds. The number of sulfonamides is 1. The summed E-state index contributed by atoms with van der Waals surface area (Å²) in [6.07, 6.45) is 0. The van der Waals surface area contributed by atoms with Gasteiger partial charge in [0.05, 0.1) is 5.02 Å². The van der Waals surface area contributed by atoms with Gasteiger partial charge in [0, 0.05) is 17.8 Å². The highest BCUT2D eigenvalue weighted by Gasteiger charge is 2.20. The molecule has 2 N–H and O–H groups in total. The number of alkyl halides is 2. The summed E-state index contributed by atoms with van der Waals surface area (Å²) < 4.78 is 54.8. The van der Waals surface area contributed by atoms with Crippen LogP contribution >= 0.6 is 11.6 Å². The SMILES string of the molecule is Cc1cc(OC(F)F)cc(NC(=O)NS(=O)(=O)c2ccccc2Cl)n1. The van der Waals surface area contributed by atoms with Crippen LogP contribution in [0.4, 0.5) is 19.4 Å². The Labute approximate surface area is 147 Å². The maximum absolute atomic E-state index is 12.3. The minimum atomic E-state index is -4.22. The van der Waals surface area contributed by atoms with Gasteiger partial charge in [0.15, 0.2) is 0 Å². The molecule has 0 unspecified atom stereocenters. The highest BCUT2D eigenvalue weighted by molar-refractivity contribution is 7.90. The summed E-state index contributed by atoms with van der Waals surface area (Å²) in [5, 5.41) is 2.07. The van der Waals surface area contributed by atoms with Crippen molar-refractivity contribution in [2.24, 2.45) is 0 Å². The monoisotopic (exact) mass is 391 g/mol. The number of hydrogen-bond donors (Lipinski definition) is 2. The molecule has 0 fully saturated rings. The van der Waals surface area contributed by atoms with Gasteiger partial charge in [-0.25, -0.2) is 22.9 Å². The van der Waals surface area contributed by atoms with E-state index in [1.165, 1.54) is 37.3 Å². The van der Waals surface area contributed by atoms with Gasteiger partial charge in [0.25, 0.3) is 10.0 Å². The summed E-state index contributed by atoms with van der Waals surface area (Å²) in [7, 11) is -4.22. The van der Waals surface area contributed by atoms with Crippen LogP contribution in [0.1, 0.15) is 5.69 Å². The maximum atomic E-state index is 12.3. The molecule has 134 valence electrons. The van der Waals surface area contributed by atoms with E-state index in [2.05, 4.69) is 15.0 Å². The number of anilines is 1. The summed E-state index contributed by atoms with van der Waals surface area (Å²) in [6, 6.07) is 6.66. The molecule has 1 heterocycles. The number of carbonyl (C=O) groups is 1. The number of rotatable bonds is 5. The van der Waals surface area contributed by atoms with Crippen molar-refractivity contribution in [1.29, 1.82) is 0 Å². The first-order valence-corrected chi connectivity index (χ1v) is 8.55. The third-order valence-electron chi connectivity index (χ3n) is 2.75. The summed E-state index contributed by atoms with van der Waals surface area (Å²) in [5.74, 6) is -0.394. The van der Waals surface area contributed by atoms with Gasteiger partial charge < -0.3 is 4.74 Å². The minimum absolute atomic E-state index is 0.0656. The molecular weight excluding hydrogens is 380 g/mol. The molecule has 7 nitrogen and oxygen atoms in total. The van der Waals surface area contributed by atoms with E-state index in [1.54, 1.807) is 4.72 Å². The van der Waals surface area contributed by atoms with Crippen LogP contribution in [0.25, 0.3) is 0 Å². The lowest BCUT2D eigenvalue weighted by atomic mass is 10.3. The van der Waals surface area contributed by atoms with Gasteiger partial charge in [0.1, 0.15) is 16.5 Å². The first kappa shape index (κ1) is 18.9. The predicted octanol–water partition coefficient (Wildman–Crippen LogP) is 3.16. The number of aryl methyl sites for hydroxylation is 1. The lowest BCUT2D eigenvalue weighted by Gasteiger charge is -2.11. The molecule has 0 atom stereocenters. The third kappa shape index (κ3) is 5.26. The molecular formula is C14H12ClF2N3O4S. The molecule has 0 aliphatic rings. The quantitative estimate of drug-likeness (QED) is 0.816. The van der Waals surface area contributed by atoms with Crippen molar-refractivity contribution in [1.82, 2.24) is 9.71 Å². The second-order valence-corrected chi connectivity index (χ2v) is 6.76. The lowest BCUT2D eigenvalue weighted by Crippen LogP contribution is -2.34. The zero-order valence-corrected chi connectivity index (χ0v) is 14.2. The zero-order chi connectivity index (χ0) is 18.6. The second kappa shape index (κ2) is 7.62. The molecule has 0 saturated heterocycles. The zero-order valence-electron chi connectivity index (χ0n) is 12.7. The van der Waals surface area contributed by atoms with Gasteiger partial charge in [-0.2, -0.15) is 8.78 Å². The van der Waals surface area contributed by atoms with Gasteiger partial charge in [-0.05, 0) is 19.1 Å². The number of hydrogen-bond acceptors (Lipinski definition) is 5. The average molecular weight is 392 g/mol. The molecule has 2 aromatic rings. The summed E-state index contributed by atoms with van der Waals surface area (Å²) in [5.41, 5.74) is 0.280. The number of carbonyl (C=O) groups excluding carboxylic acids is 1. The van der Waals surface area contributed by atoms with Crippen LogP contribution < -0.4 is 14.8 Å². The molecule has 0 bridgehead atoms. The van der Waals surface area contributed by atoms with E-state index < -0.39 is 22.7 Å². The highest BCUT2D eigenvalue weighted by Crippen LogP contribution is 2.21. The van der Waals surface area contributed by atoms with Crippen LogP contribution in [0, 0.1) is 6.92 Å². The fraction of sp³-hybridized carbons (Fsp3) is 0.143. The van der Waals surface area contributed by atoms with E-state index in [0.29, 0.717) is 0 Å². The lowest BCUT2D eigenvalue weighted by molar-refractivity contribution is -0.0498. The summed E-state index contributed by atoms with van der Waals surface area (Å²) in [6.45, 7) is -1.56. The number of benzene rings is 1. The topological polar surface area (TPSA) is 97.4 Å². The standard InChI is InChI=1S/C14H12ClF2N3O4S/c1-8-6-9(24-13(16)17)7-12(18-8)19-14(21)20-25(22,23)11-5-3-2-4-10(11)15/h2-7,13H,1H3,(H2,18,19,20,21). The summed E-state index contributed by atoms with van der Waals surface area (Å²) >= 11 is 5.79. The number of halogens is 3. The Morgan fingerprint density at radius 2 is 1.96 bits per heavy atom. The van der Waals surface area contributed by atoms with Crippen molar-refractivity contribution in [3.8, 4) is 5.75 Å². The van der Waals surface area contributed by atoms with E-state index in [-0.39, 0.29) is 27.2 Å². The van der Waals surface area contributed by atoms with E-state index in [0.717, 1.165) is 6.07 Å². The van der Waals surface area contributed by atoms with Crippen molar-refractivity contribution in [3.05, 3.63) is 47.1 Å². The Bertz CT molecular complexity index is 893. The third-order valence-corrected chi connectivity index (χ3v) is 4.58. The summed E-state index contributed by atoms with van der Waals surface area (Å²) in [4.78, 5) is 15.5. The largest absolute Gasteiger partial charge is 0.435 e. The van der Waals surface area contributed by atoms with Crippen molar-refractivity contribution >= 4 is 33.5 Å². The molecule has 0 spiro atoms. The number of nitrogens with one attached hydrogen (secondary N) is 2. The molecule has 1 aromatic carbocycles. The minimum Gasteiger partial charge on any atom is -0.435 e. The van der Waals surface area contributed by atoms with E-state index >= 15 is 0 Å². The number of ether oxygens (including phenoxy) is 1.